The molecule has 92 valence electrons. The molecule has 0 spiro atoms. The van der Waals surface area contributed by atoms with Crippen LogP contribution in [0, 0.1) is 0 Å². The Morgan fingerprint density at radius 3 is 1.82 bits per heavy atom. The molecule has 0 heterocycles. The number of allylic oxidation sites excluding steroid dienone is 1. The lowest BCUT2D eigenvalue weighted by Crippen LogP contribution is -2.10. The summed E-state index contributed by atoms with van der Waals surface area (Å²) in [7, 11) is 0. The highest BCUT2D eigenvalue weighted by Crippen LogP contribution is 2.10. The van der Waals surface area contributed by atoms with Crippen molar-refractivity contribution in [3.8, 4) is 0 Å². The highest BCUT2D eigenvalue weighted by Gasteiger charge is 2.15. The van der Waals surface area contributed by atoms with Gasteiger partial charge in [0.25, 0.3) is 0 Å². The lowest BCUT2D eigenvalue weighted by Gasteiger charge is -2.07. The number of carbonyl (C=O) groups excluding carboxylic acids is 2. The Hall–Kier alpha value is -2.30. The number of carbonyl (C=O) groups is 2. The van der Waals surface area contributed by atoms with Gasteiger partial charge in [0, 0.05) is 11.1 Å². The summed E-state index contributed by atoms with van der Waals surface area (Å²) in [6.07, 6.45) is 1.03. The van der Waals surface area contributed by atoms with Gasteiger partial charge in [-0.3, -0.25) is 0 Å². The third-order valence-corrected chi connectivity index (χ3v) is 1.49. The van der Waals surface area contributed by atoms with Crippen molar-refractivity contribution in [1.29, 1.82) is 0 Å². The van der Waals surface area contributed by atoms with Gasteiger partial charge in [-0.25, -0.2) is 9.59 Å². The van der Waals surface area contributed by atoms with Gasteiger partial charge in [-0.2, -0.15) is 0 Å². The summed E-state index contributed by atoms with van der Waals surface area (Å²) in [5, 5.41) is 9.38. The molecule has 0 bridgehead atoms. The Bertz CT molecular complexity index is 415. The van der Waals surface area contributed by atoms with E-state index in [4.69, 9.17) is 0 Å². The molecule has 0 saturated carbocycles. The van der Waals surface area contributed by atoms with Crippen LogP contribution in [0.3, 0.4) is 0 Å². The minimum Gasteiger partial charge on any atom is -0.478 e. The molecule has 0 unspecified atom stereocenters. The van der Waals surface area contributed by atoms with Crippen molar-refractivity contribution in [2.45, 2.75) is 13.8 Å². The van der Waals surface area contributed by atoms with E-state index in [0.29, 0.717) is 0 Å². The molecule has 0 rings (SSSR count). The van der Waals surface area contributed by atoms with Gasteiger partial charge in [-0.15, -0.1) is 0 Å². The monoisotopic (exact) mass is 238 g/mol. The van der Waals surface area contributed by atoms with Crippen LogP contribution >= 0.6 is 0 Å². The first-order chi connectivity index (χ1) is 7.79. The summed E-state index contributed by atoms with van der Waals surface area (Å²) in [5.74, 6) is -2.83. The van der Waals surface area contributed by atoms with E-state index in [-0.39, 0.29) is 16.9 Å². The Balaban J connectivity index is 4.88. The zero-order chi connectivity index (χ0) is 13.6. The van der Waals surface area contributed by atoms with Gasteiger partial charge < -0.3 is 14.6 Å². The molecule has 1 N–H and O–H groups in total. The second kappa shape index (κ2) is 6.32. The van der Waals surface area contributed by atoms with Crippen molar-refractivity contribution < 1.29 is 24.2 Å². The van der Waals surface area contributed by atoms with Crippen LogP contribution in [0.2, 0.25) is 0 Å². The normalized spacial score (nSPS) is 10.9. The predicted molar refractivity (Wildman–Crippen MR) is 61.7 cm³/mol. The molecule has 0 saturated heterocycles. The molecule has 0 atom stereocenters. The molecule has 0 amide bonds. The molecule has 5 heteroatoms. The summed E-state index contributed by atoms with van der Waals surface area (Å²) in [6, 6.07) is 0. The topological polar surface area (TPSA) is 72.8 Å². The van der Waals surface area contributed by atoms with Crippen LogP contribution in [0.5, 0.6) is 0 Å². The molecule has 5 nitrogen and oxygen atoms in total. The van der Waals surface area contributed by atoms with Gasteiger partial charge in [0.1, 0.15) is 0 Å². The van der Waals surface area contributed by atoms with Gasteiger partial charge in [0.2, 0.25) is 5.76 Å². The minimum atomic E-state index is -0.859. The SMILES string of the molecule is C=C/C(OC(=O)C(=C)C)=C(\O)OC(=O)C(=C)C. The molecular weight excluding hydrogens is 224 g/mol. The fourth-order valence-electron chi connectivity index (χ4n) is 0.585. The van der Waals surface area contributed by atoms with Gasteiger partial charge in [-0.1, -0.05) is 19.7 Å². The third kappa shape index (κ3) is 4.83. The molecule has 0 aliphatic heterocycles. The fraction of sp³-hybridized carbons (Fsp3) is 0.167. The molecule has 0 aliphatic rings. The first-order valence-corrected chi connectivity index (χ1v) is 4.60. The van der Waals surface area contributed by atoms with Crippen LogP contribution in [0.25, 0.3) is 0 Å². The second-order valence-corrected chi connectivity index (χ2v) is 3.21. The Morgan fingerprint density at radius 1 is 1.06 bits per heavy atom. The quantitative estimate of drug-likeness (QED) is 0.344. The largest absolute Gasteiger partial charge is 0.478 e. The van der Waals surface area contributed by atoms with Crippen molar-refractivity contribution in [1.82, 2.24) is 0 Å². The summed E-state index contributed by atoms with van der Waals surface area (Å²) >= 11 is 0. The molecule has 0 aromatic rings. The lowest BCUT2D eigenvalue weighted by molar-refractivity contribution is -0.142. The number of ether oxygens (including phenoxy) is 2. The van der Waals surface area contributed by atoms with Gasteiger partial charge in [0.05, 0.1) is 0 Å². The van der Waals surface area contributed by atoms with E-state index in [2.05, 4.69) is 29.2 Å². The van der Waals surface area contributed by atoms with Crippen LogP contribution in [-0.4, -0.2) is 17.0 Å². The molecular formula is C12H14O5. The first-order valence-electron chi connectivity index (χ1n) is 4.60. The summed E-state index contributed by atoms with van der Waals surface area (Å²) in [6.45, 7) is 12.8. The van der Waals surface area contributed by atoms with Crippen molar-refractivity contribution in [2.24, 2.45) is 0 Å². The van der Waals surface area contributed by atoms with Crippen molar-refractivity contribution in [3.05, 3.63) is 48.7 Å². The molecule has 0 fully saturated rings. The third-order valence-electron chi connectivity index (χ3n) is 1.49. The van der Waals surface area contributed by atoms with E-state index >= 15 is 0 Å². The number of aliphatic hydroxyl groups is 1. The molecule has 0 aromatic carbocycles. The van der Waals surface area contributed by atoms with Crippen LogP contribution in [0.1, 0.15) is 13.8 Å². The maximum atomic E-state index is 11.2. The average Bonchev–Trinajstić information content (AvgIpc) is 2.24. The van der Waals surface area contributed by atoms with E-state index in [1.807, 2.05) is 0 Å². The summed E-state index contributed by atoms with van der Waals surface area (Å²) < 4.78 is 9.13. The molecule has 0 radical (unpaired) electrons. The van der Waals surface area contributed by atoms with Crippen LogP contribution in [0.15, 0.2) is 48.7 Å². The Morgan fingerprint density at radius 2 is 1.47 bits per heavy atom. The van der Waals surface area contributed by atoms with E-state index in [1.165, 1.54) is 13.8 Å². The van der Waals surface area contributed by atoms with E-state index in [0.717, 1.165) is 6.08 Å². The number of esters is 2. The molecule has 0 aromatic heterocycles. The number of rotatable bonds is 5. The Kier molecular flexibility index (Phi) is 5.46. The highest BCUT2D eigenvalue weighted by molar-refractivity contribution is 5.88. The summed E-state index contributed by atoms with van der Waals surface area (Å²) in [5.41, 5.74) is 0.217. The minimum absolute atomic E-state index is 0.0891. The number of hydrogen-bond donors (Lipinski definition) is 1. The van der Waals surface area contributed by atoms with Crippen molar-refractivity contribution >= 4 is 11.9 Å². The highest BCUT2D eigenvalue weighted by atomic mass is 16.6. The smallest absolute Gasteiger partial charge is 0.340 e. The predicted octanol–water partition coefficient (Wildman–Crippen LogP) is 2.14. The van der Waals surface area contributed by atoms with Gasteiger partial charge >= 0.3 is 17.9 Å². The zero-order valence-corrected chi connectivity index (χ0v) is 9.78. The first kappa shape index (κ1) is 14.7. The van der Waals surface area contributed by atoms with Crippen LogP contribution in [0.4, 0.5) is 0 Å². The summed E-state index contributed by atoms with van der Waals surface area (Å²) in [4.78, 5) is 22.2. The zero-order valence-electron chi connectivity index (χ0n) is 9.78. The second-order valence-electron chi connectivity index (χ2n) is 3.21. The van der Waals surface area contributed by atoms with Crippen LogP contribution < -0.4 is 0 Å². The van der Waals surface area contributed by atoms with E-state index in [9.17, 15) is 14.7 Å². The fourth-order valence-corrected chi connectivity index (χ4v) is 0.585. The number of hydrogen-bond acceptors (Lipinski definition) is 5. The maximum absolute atomic E-state index is 11.2. The average molecular weight is 238 g/mol. The van der Waals surface area contributed by atoms with E-state index in [1.54, 1.807) is 0 Å². The standard InChI is InChI=1S/C12H14O5/c1-6-9(16-10(13)7(2)3)12(15)17-11(14)8(4)5/h6,15H,1-2,4H2,3,5H3/b12-9-. The van der Waals surface area contributed by atoms with Gasteiger partial charge in [0.15, 0.2) is 0 Å². The maximum Gasteiger partial charge on any atom is 0.340 e. The van der Waals surface area contributed by atoms with Gasteiger partial charge in [-0.05, 0) is 19.9 Å². The molecule has 17 heavy (non-hydrogen) atoms. The van der Waals surface area contributed by atoms with Crippen molar-refractivity contribution in [2.75, 3.05) is 0 Å². The lowest BCUT2D eigenvalue weighted by atomic mass is 10.3. The van der Waals surface area contributed by atoms with Crippen LogP contribution in [-0.2, 0) is 19.1 Å². The van der Waals surface area contributed by atoms with Crippen molar-refractivity contribution in [3.63, 3.8) is 0 Å². The number of aliphatic hydroxyl groups excluding tert-OH is 1. The Labute approximate surface area is 99.3 Å². The van der Waals surface area contributed by atoms with E-state index < -0.39 is 17.9 Å². The molecule has 0 aliphatic carbocycles.